The number of primary amides is 1. The quantitative estimate of drug-likeness (QED) is 0.736. The Balaban J connectivity index is 2.64. The molecule has 0 unspecified atom stereocenters. The zero-order valence-electron chi connectivity index (χ0n) is 8.12. The third-order valence-electron chi connectivity index (χ3n) is 2.21. The van der Waals surface area contributed by atoms with Crippen LogP contribution in [0, 0.1) is 5.82 Å². The van der Waals surface area contributed by atoms with Gasteiger partial charge in [-0.15, -0.1) is 0 Å². The fraction of sp³-hybridized carbons (Fsp3) is 0.100. The predicted molar refractivity (Wildman–Crippen MR) is 56.1 cm³/mol. The Hall–Kier alpha value is -2.04. The van der Waals surface area contributed by atoms with E-state index in [4.69, 9.17) is 5.73 Å². The molecule has 0 radical (unpaired) electrons. The summed E-state index contributed by atoms with van der Waals surface area (Å²) < 4.78 is 14.8. The summed E-state index contributed by atoms with van der Waals surface area (Å²) in [6, 6.07) is 3.72. The zero-order valence-corrected chi connectivity index (χ0v) is 8.12. The van der Waals surface area contributed by atoms with Gasteiger partial charge in [0.1, 0.15) is 5.82 Å². The number of aryl methyl sites for hydroxylation is 1. The number of aromatic nitrogens is 1. The number of hydrogen-bond donors (Lipinski definition) is 2. The van der Waals surface area contributed by atoms with Crippen LogP contribution < -0.4 is 11.1 Å². The normalized spacial score (nSPS) is 10.5. The molecule has 3 N–H and O–H groups in total. The van der Waals surface area contributed by atoms with Crippen molar-refractivity contribution in [2.24, 2.45) is 12.8 Å². The van der Waals surface area contributed by atoms with Crippen LogP contribution in [0.15, 0.2) is 24.4 Å². The summed E-state index contributed by atoms with van der Waals surface area (Å²) in [5, 5.41) is 3.08. The van der Waals surface area contributed by atoms with Gasteiger partial charge in [-0.05, 0) is 18.2 Å². The van der Waals surface area contributed by atoms with E-state index in [-0.39, 0.29) is 5.82 Å². The van der Waals surface area contributed by atoms with E-state index in [0.29, 0.717) is 11.1 Å². The molecule has 78 valence electrons. The minimum Gasteiger partial charge on any atom is -0.351 e. The molecule has 2 aromatic rings. The highest BCUT2D eigenvalue weighted by molar-refractivity contribution is 6.00. The molecule has 1 heterocycles. The largest absolute Gasteiger partial charge is 0.351 e. The number of carbonyl (C=O) groups excluding carboxylic acids is 1. The van der Waals surface area contributed by atoms with Crippen LogP contribution in [0.2, 0.25) is 0 Å². The number of urea groups is 1. The molecule has 0 aliphatic rings. The number of benzene rings is 1. The maximum atomic E-state index is 13.0. The molecule has 1 aromatic heterocycles. The van der Waals surface area contributed by atoms with E-state index < -0.39 is 6.03 Å². The number of hydrogen-bond acceptors (Lipinski definition) is 1. The second-order valence-electron chi connectivity index (χ2n) is 3.30. The number of nitrogens with two attached hydrogens (primary N) is 1. The Labute approximate surface area is 85.5 Å². The molecule has 15 heavy (non-hydrogen) atoms. The van der Waals surface area contributed by atoms with Crippen LogP contribution in [0.3, 0.4) is 0 Å². The number of nitrogens with one attached hydrogen (secondary N) is 1. The number of carbonyl (C=O) groups is 1. The first-order valence-corrected chi connectivity index (χ1v) is 4.39. The van der Waals surface area contributed by atoms with Crippen molar-refractivity contribution in [1.29, 1.82) is 0 Å². The van der Waals surface area contributed by atoms with Crippen molar-refractivity contribution in [1.82, 2.24) is 4.57 Å². The summed E-state index contributed by atoms with van der Waals surface area (Å²) in [5.74, 6) is -0.346. The highest BCUT2D eigenvalue weighted by atomic mass is 19.1. The third kappa shape index (κ3) is 1.63. The van der Waals surface area contributed by atoms with E-state index in [1.165, 1.54) is 12.1 Å². The van der Waals surface area contributed by atoms with Gasteiger partial charge >= 0.3 is 6.03 Å². The molecule has 0 aliphatic heterocycles. The van der Waals surface area contributed by atoms with E-state index in [1.807, 2.05) is 7.05 Å². The average Bonchev–Trinajstić information content (AvgIpc) is 2.42. The number of anilines is 1. The van der Waals surface area contributed by atoms with Gasteiger partial charge in [-0.2, -0.15) is 0 Å². The second-order valence-corrected chi connectivity index (χ2v) is 3.30. The lowest BCUT2D eigenvalue weighted by Gasteiger charge is -1.98. The molecule has 2 amide bonds. The molecule has 0 aliphatic carbocycles. The summed E-state index contributed by atoms with van der Waals surface area (Å²) in [6.45, 7) is 0. The summed E-state index contributed by atoms with van der Waals surface area (Å²) in [5.41, 5.74) is 6.36. The van der Waals surface area contributed by atoms with Crippen molar-refractivity contribution in [3.8, 4) is 0 Å². The standard InChI is InChI=1S/C10H10FN3O/c1-14-5-8(13-10(12)15)7-4-6(11)2-3-9(7)14/h2-5H,1H3,(H3,12,13,15). The van der Waals surface area contributed by atoms with Gasteiger partial charge in [0.05, 0.1) is 11.2 Å². The number of nitrogens with zero attached hydrogens (tertiary/aromatic N) is 1. The van der Waals surface area contributed by atoms with Gasteiger partial charge in [0.25, 0.3) is 0 Å². The highest BCUT2D eigenvalue weighted by Crippen LogP contribution is 2.25. The number of amides is 2. The first kappa shape index (κ1) is 9.51. The van der Waals surface area contributed by atoms with E-state index in [1.54, 1.807) is 16.8 Å². The van der Waals surface area contributed by atoms with E-state index in [2.05, 4.69) is 5.32 Å². The lowest BCUT2D eigenvalue weighted by molar-refractivity contribution is 0.259. The number of rotatable bonds is 1. The molecule has 0 fully saturated rings. The predicted octanol–water partition coefficient (Wildman–Crippen LogP) is 1.81. The fourth-order valence-electron chi connectivity index (χ4n) is 1.60. The molecule has 2 rings (SSSR count). The van der Waals surface area contributed by atoms with Crippen molar-refractivity contribution in [2.45, 2.75) is 0 Å². The Morgan fingerprint density at radius 1 is 1.53 bits per heavy atom. The molecule has 1 aromatic carbocycles. The van der Waals surface area contributed by atoms with Crippen LogP contribution in [0.4, 0.5) is 14.9 Å². The fourth-order valence-corrected chi connectivity index (χ4v) is 1.60. The Bertz CT molecular complexity index is 533. The van der Waals surface area contributed by atoms with Gasteiger partial charge in [-0.3, -0.25) is 0 Å². The lowest BCUT2D eigenvalue weighted by atomic mass is 10.2. The van der Waals surface area contributed by atoms with Crippen molar-refractivity contribution < 1.29 is 9.18 Å². The van der Waals surface area contributed by atoms with Crippen LogP contribution in [0.1, 0.15) is 0 Å². The van der Waals surface area contributed by atoms with Crippen molar-refractivity contribution in [3.05, 3.63) is 30.2 Å². The van der Waals surface area contributed by atoms with Gasteiger partial charge < -0.3 is 15.6 Å². The average molecular weight is 207 g/mol. The van der Waals surface area contributed by atoms with Crippen LogP contribution in [0.5, 0.6) is 0 Å². The van der Waals surface area contributed by atoms with Crippen molar-refractivity contribution in [2.75, 3.05) is 5.32 Å². The molecule has 0 atom stereocenters. The Morgan fingerprint density at radius 2 is 2.27 bits per heavy atom. The molecular formula is C10H10FN3O. The minimum absolute atomic E-state index is 0.346. The summed E-state index contributed by atoms with van der Waals surface area (Å²) in [6.07, 6.45) is 1.69. The van der Waals surface area contributed by atoms with Gasteiger partial charge in [-0.25, -0.2) is 9.18 Å². The maximum absolute atomic E-state index is 13.0. The lowest BCUT2D eigenvalue weighted by Crippen LogP contribution is -2.18. The van der Waals surface area contributed by atoms with E-state index in [9.17, 15) is 9.18 Å². The summed E-state index contributed by atoms with van der Waals surface area (Å²) in [7, 11) is 1.81. The highest BCUT2D eigenvalue weighted by Gasteiger charge is 2.08. The molecule has 0 bridgehead atoms. The monoisotopic (exact) mass is 207 g/mol. The second kappa shape index (κ2) is 3.27. The topological polar surface area (TPSA) is 60.1 Å². The van der Waals surface area contributed by atoms with Crippen molar-refractivity contribution >= 4 is 22.6 Å². The summed E-state index contributed by atoms with van der Waals surface area (Å²) in [4.78, 5) is 10.7. The van der Waals surface area contributed by atoms with E-state index >= 15 is 0 Å². The Kier molecular flexibility index (Phi) is 2.07. The SMILES string of the molecule is Cn1cc(NC(N)=O)c2cc(F)ccc21. The number of fused-ring (bicyclic) bond motifs is 1. The van der Waals surface area contributed by atoms with Gasteiger partial charge in [-0.1, -0.05) is 0 Å². The summed E-state index contributed by atoms with van der Waals surface area (Å²) >= 11 is 0. The maximum Gasteiger partial charge on any atom is 0.316 e. The smallest absolute Gasteiger partial charge is 0.316 e. The Morgan fingerprint density at radius 3 is 2.93 bits per heavy atom. The number of halogens is 1. The van der Waals surface area contributed by atoms with Crippen molar-refractivity contribution in [3.63, 3.8) is 0 Å². The van der Waals surface area contributed by atoms with Gasteiger partial charge in [0.2, 0.25) is 0 Å². The molecule has 0 saturated heterocycles. The van der Waals surface area contributed by atoms with Crippen LogP contribution >= 0.6 is 0 Å². The van der Waals surface area contributed by atoms with Gasteiger partial charge in [0, 0.05) is 18.6 Å². The zero-order chi connectivity index (χ0) is 11.0. The molecular weight excluding hydrogens is 197 g/mol. The minimum atomic E-state index is -0.660. The molecule has 4 nitrogen and oxygen atoms in total. The van der Waals surface area contributed by atoms with E-state index in [0.717, 1.165) is 5.52 Å². The molecule has 5 heteroatoms. The molecule has 0 spiro atoms. The first-order chi connectivity index (χ1) is 7.08. The van der Waals surface area contributed by atoms with Crippen LogP contribution in [-0.2, 0) is 7.05 Å². The third-order valence-corrected chi connectivity index (χ3v) is 2.21. The first-order valence-electron chi connectivity index (χ1n) is 4.39. The van der Waals surface area contributed by atoms with Gasteiger partial charge in [0.15, 0.2) is 0 Å². The van der Waals surface area contributed by atoms with Crippen LogP contribution in [-0.4, -0.2) is 10.6 Å². The molecule has 0 saturated carbocycles. The van der Waals surface area contributed by atoms with Crippen LogP contribution in [0.25, 0.3) is 10.9 Å².